The molecule has 0 aliphatic rings. The molecule has 0 spiro atoms. The molecule has 0 aromatic rings. The van der Waals surface area contributed by atoms with Gasteiger partial charge in [0.1, 0.15) is 13.2 Å². The van der Waals surface area contributed by atoms with Crippen molar-refractivity contribution < 1.29 is 32.9 Å². The molecule has 3 atom stereocenters. The highest BCUT2D eigenvalue weighted by molar-refractivity contribution is 7.47. The summed E-state index contributed by atoms with van der Waals surface area (Å²) in [7, 11) is 1.54. The molecular formula is C46H88N2O6P+. The number of carbonyl (C=O) groups is 1. The monoisotopic (exact) mass is 796 g/mol. The Morgan fingerprint density at radius 2 is 1.05 bits per heavy atom. The second-order valence-electron chi connectivity index (χ2n) is 16.4. The fraction of sp³-hybridized carbons (Fsp3) is 0.804. The van der Waals surface area contributed by atoms with Crippen LogP contribution in [-0.4, -0.2) is 73.4 Å². The van der Waals surface area contributed by atoms with Crippen molar-refractivity contribution in [3.8, 4) is 0 Å². The first-order valence-electron chi connectivity index (χ1n) is 22.5. The normalized spacial score (nSPS) is 14.8. The predicted molar refractivity (Wildman–Crippen MR) is 235 cm³/mol. The van der Waals surface area contributed by atoms with Crippen LogP contribution in [0.2, 0.25) is 0 Å². The van der Waals surface area contributed by atoms with Gasteiger partial charge < -0.3 is 19.8 Å². The van der Waals surface area contributed by atoms with Gasteiger partial charge in [-0.15, -0.1) is 0 Å². The number of nitrogens with one attached hydrogen (secondary N) is 1. The summed E-state index contributed by atoms with van der Waals surface area (Å²) >= 11 is 0. The third-order valence-corrected chi connectivity index (χ3v) is 10.8. The molecule has 0 saturated carbocycles. The Morgan fingerprint density at radius 3 is 1.58 bits per heavy atom. The van der Waals surface area contributed by atoms with Gasteiger partial charge in [-0.1, -0.05) is 165 Å². The SMILES string of the molecule is CCCCCC/C=C/CC/C=C/C(O)C(COP(=O)(O)OCC[N+](C)(C)C)NC(=O)CCCCCCCCC/C=C\C/C=C\CCCCCCCCCCC. The number of likely N-dealkylation sites (N-methyl/N-ethyl adjacent to an activating group) is 1. The Hall–Kier alpha value is -1.54. The molecule has 322 valence electrons. The lowest BCUT2D eigenvalue weighted by atomic mass is 10.1. The van der Waals surface area contributed by atoms with Crippen LogP contribution < -0.4 is 5.32 Å². The van der Waals surface area contributed by atoms with Crippen LogP contribution in [0, 0.1) is 0 Å². The average molecular weight is 796 g/mol. The van der Waals surface area contributed by atoms with Gasteiger partial charge in [0.2, 0.25) is 5.91 Å². The van der Waals surface area contributed by atoms with E-state index in [2.05, 4.69) is 55.6 Å². The molecule has 0 radical (unpaired) electrons. The smallest absolute Gasteiger partial charge is 0.387 e. The van der Waals surface area contributed by atoms with E-state index in [4.69, 9.17) is 9.05 Å². The molecule has 0 aliphatic carbocycles. The molecule has 0 bridgehead atoms. The number of allylic oxidation sites excluding steroid dienone is 7. The van der Waals surface area contributed by atoms with Gasteiger partial charge in [0.05, 0.1) is 39.9 Å². The highest BCUT2D eigenvalue weighted by atomic mass is 31.2. The first kappa shape index (κ1) is 53.5. The summed E-state index contributed by atoms with van der Waals surface area (Å²) in [5, 5.41) is 13.7. The van der Waals surface area contributed by atoms with Crippen molar-refractivity contribution in [1.82, 2.24) is 5.32 Å². The van der Waals surface area contributed by atoms with E-state index in [1.165, 1.54) is 116 Å². The van der Waals surface area contributed by atoms with Crippen molar-refractivity contribution in [3.63, 3.8) is 0 Å². The molecule has 0 fully saturated rings. The number of phosphoric acid groups is 1. The fourth-order valence-electron chi connectivity index (χ4n) is 6.14. The molecule has 8 nitrogen and oxygen atoms in total. The molecule has 3 unspecified atom stereocenters. The van der Waals surface area contributed by atoms with E-state index in [0.29, 0.717) is 17.4 Å². The van der Waals surface area contributed by atoms with Crippen LogP contribution in [0.4, 0.5) is 0 Å². The summed E-state index contributed by atoms with van der Waals surface area (Å²) in [5.41, 5.74) is 0. The van der Waals surface area contributed by atoms with E-state index in [1.807, 2.05) is 27.2 Å². The Morgan fingerprint density at radius 1 is 0.618 bits per heavy atom. The molecule has 0 aromatic carbocycles. The van der Waals surface area contributed by atoms with Crippen molar-refractivity contribution in [2.75, 3.05) is 40.9 Å². The van der Waals surface area contributed by atoms with E-state index < -0.39 is 20.0 Å². The number of nitrogens with zero attached hydrogens (tertiary/aromatic N) is 1. The van der Waals surface area contributed by atoms with Gasteiger partial charge in [-0.05, 0) is 64.2 Å². The summed E-state index contributed by atoms with van der Waals surface area (Å²) in [6.07, 6.45) is 47.7. The molecule has 0 heterocycles. The van der Waals surface area contributed by atoms with E-state index in [-0.39, 0.29) is 19.1 Å². The maximum Gasteiger partial charge on any atom is 0.472 e. The van der Waals surface area contributed by atoms with Gasteiger partial charge in [0.25, 0.3) is 0 Å². The number of hydrogen-bond acceptors (Lipinski definition) is 5. The van der Waals surface area contributed by atoms with Gasteiger partial charge >= 0.3 is 7.82 Å². The van der Waals surface area contributed by atoms with Crippen LogP contribution in [-0.2, 0) is 18.4 Å². The third-order valence-electron chi connectivity index (χ3n) is 9.77. The van der Waals surface area contributed by atoms with Crippen molar-refractivity contribution in [2.24, 2.45) is 0 Å². The van der Waals surface area contributed by atoms with Gasteiger partial charge in [-0.25, -0.2) is 4.57 Å². The lowest BCUT2D eigenvalue weighted by molar-refractivity contribution is -0.870. The van der Waals surface area contributed by atoms with Crippen LogP contribution in [0.25, 0.3) is 0 Å². The van der Waals surface area contributed by atoms with Crippen molar-refractivity contribution >= 4 is 13.7 Å². The molecule has 0 rings (SSSR count). The number of aliphatic hydroxyl groups is 1. The average Bonchev–Trinajstić information content (AvgIpc) is 3.13. The predicted octanol–water partition coefficient (Wildman–Crippen LogP) is 12.5. The van der Waals surface area contributed by atoms with Crippen molar-refractivity contribution in [2.45, 2.75) is 199 Å². The van der Waals surface area contributed by atoms with Crippen LogP contribution in [0.3, 0.4) is 0 Å². The molecule has 0 aromatic heterocycles. The number of phosphoric ester groups is 1. The number of unbranched alkanes of at least 4 members (excludes halogenated alkanes) is 21. The number of quaternary nitrogens is 1. The number of rotatable bonds is 40. The summed E-state index contributed by atoms with van der Waals surface area (Å²) in [6.45, 7) is 4.74. The number of hydrogen-bond donors (Lipinski definition) is 3. The van der Waals surface area contributed by atoms with Crippen LogP contribution in [0.5, 0.6) is 0 Å². The topological polar surface area (TPSA) is 105 Å². The third kappa shape index (κ3) is 40.5. The Balaban J connectivity index is 4.31. The first-order valence-corrected chi connectivity index (χ1v) is 24.0. The van der Waals surface area contributed by atoms with Crippen LogP contribution in [0.15, 0.2) is 48.6 Å². The maximum atomic E-state index is 12.8. The summed E-state index contributed by atoms with van der Waals surface area (Å²) in [6, 6.07) is -0.866. The van der Waals surface area contributed by atoms with E-state index >= 15 is 0 Å². The molecule has 3 N–H and O–H groups in total. The summed E-state index contributed by atoms with van der Waals surface area (Å²) in [5.74, 6) is -0.198. The zero-order chi connectivity index (χ0) is 40.7. The first-order chi connectivity index (χ1) is 26.5. The highest BCUT2D eigenvalue weighted by Crippen LogP contribution is 2.43. The summed E-state index contributed by atoms with van der Waals surface area (Å²) < 4.78 is 23.5. The number of carbonyl (C=O) groups excluding carboxylic acids is 1. The van der Waals surface area contributed by atoms with Crippen molar-refractivity contribution in [3.05, 3.63) is 48.6 Å². The largest absolute Gasteiger partial charge is 0.472 e. The summed E-state index contributed by atoms with van der Waals surface area (Å²) in [4.78, 5) is 23.1. The molecule has 9 heteroatoms. The molecule has 55 heavy (non-hydrogen) atoms. The Kier molecular flexibility index (Phi) is 36.9. The maximum absolute atomic E-state index is 12.8. The fourth-order valence-corrected chi connectivity index (χ4v) is 6.88. The van der Waals surface area contributed by atoms with Gasteiger partial charge in [0, 0.05) is 6.42 Å². The quantitative estimate of drug-likeness (QED) is 0.0247. The minimum atomic E-state index is -4.34. The van der Waals surface area contributed by atoms with Crippen LogP contribution >= 0.6 is 7.82 Å². The highest BCUT2D eigenvalue weighted by Gasteiger charge is 2.27. The molecule has 1 amide bonds. The van der Waals surface area contributed by atoms with Gasteiger partial charge in [-0.2, -0.15) is 0 Å². The van der Waals surface area contributed by atoms with E-state index in [1.54, 1.807) is 6.08 Å². The number of amides is 1. The standard InChI is InChI=1S/C46H87N2O6P/c1-6-8-10-12-14-16-18-19-20-21-22-23-24-25-26-27-28-29-30-32-34-36-38-40-46(50)47-44(43-54-55(51,52)53-42-41-48(3,4)5)45(49)39-37-35-33-31-17-15-13-11-9-7-2/h17,22-23,25-26,31,37,39,44-45,49H,6-16,18-21,24,27-30,32-36,38,40-43H2,1-5H3,(H-,47,50,51,52)/p+1/b23-22-,26-25-,31-17+,39-37+. The molecule has 0 aliphatic heterocycles. The lowest BCUT2D eigenvalue weighted by Crippen LogP contribution is -2.45. The van der Waals surface area contributed by atoms with E-state index in [0.717, 1.165) is 51.4 Å². The Bertz CT molecular complexity index is 1040. The second-order valence-corrected chi connectivity index (χ2v) is 17.9. The molecular weight excluding hydrogens is 707 g/mol. The number of aliphatic hydroxyl groups excluding tert-OH is 1. The van der Waals surface area contributed by atoms with Gasteiger partial charge in [0.15, 0.2) is 0 Å². The van der Waals surface area contributed by atoms with Crippen molar-refractivity contribution in [1.29, 1.82) is 0 Å². The Labute approximate surface area is 339 Å². The lowest BCUT2D eigenvalue weighted by Gasteiger charge is -2.25. The second kappa shape index (κ2) is 38.0. The molecule has 0 saturated heterocycles. The zero-order valence-corrected chi connectivity index (χ0v) is 37.3. The van der Waals surface area contributed by atoms with Crippen LogP contribution in [0.1, 0.15) is 187 Å². The minimum absolute atomic E-state index is 0.0529. The van der Waals surface area contributed by atoms with Gasteiger partial charge in [-0.3, -0.25) is 13.8 Å². The van der Waals surface area contributed by atoms with E-state index in [9.17, 15) is 19.4 Å². The zero-order valence-electron chi connectivity index (χ0n) is 36.4. The minimum Gasteiger partial charge on any atom is -0.387 e.